The van der Waals surface area contributed by atoms with E-state index in [1.54, 1.807) is 0 Å². The molecule has 0 aliphatic rings. The summed E-state index contributed by atoms with van der Waals surface area (Å²) in [5, 5.41) is 6.53. The Bertz CT molecular complexity index is 923. The second-order valence-corrected chi connectivity index (χ2v) is 5.84. The van der Waals surface area contributed by atoms with Gasteiger partial charge in [-0.1, -0.05) is 17.3 Å². The Morgan fingerprint density at radius 3 is 2.63 bits per heavy atom. The van der Waals surface area contributed by atoms with Crippen LogP contribution in [0.5, 0.6) is 5.75 Å². The van der Waals surface area contributed by atoms with E-state index >= 15 is 0 Å². The summed E-state index contributed by atoms with van der Waals surface area (Å²) in [6.45, 7) is 2.63. The number of benzene rings is 2. The maximum Gasteiger partial charge on any atom is 0.224 e. The highest BCUT2D eigenvalue weighted by Crippen LogP contribution is 2.24. The molecule has 1 heterocycles. The predicted molar refractivity (Wildman–Crippen MR) is 95.0 cm³/mol. The van der Waals surface area contributed by atoms with E-state index in [1.807, 2.05) is 31.2 Å². The van der Waals surface area contributed by atoms with Crippen LogP contribution < -0.4 is 10.1 Å². The standard InChI is InChI=1S/C20H18F2N2O3/c1-2-26-16-6-3-13(4-7-16)9-20(25)23-12-15-11-19(27-24-15)17-8-5-14(21)10-18(17)22/h3-8,10-11H,2,9,12H2,1H3,(H,23,25). The predicted octanol–water partition coefficient (Wildman–Crippen LogP) is 3.88. The van der Waals surface area contributed by atoms with Gasteiger partial charge in [0.2, 0.25) is 5.91 Å². The van der Waals surface area contributed by atoms with Gasteiger partial charge in [0.25, 0.3) is 0 Å². The Kier molecular flexibility index (Phi) is 5.80. The Morgan fingerprint density at radius 1 is 1.15 bits per heavy atom. The number of carbonyl (C=O) groups is 1. The first-order valence-corrected chi connectivity index (χ1v) is 8.44. The average molecular weight is 372 g/mol. The minimum absolute atomic E-state index is 0.107. The van der Waals surface area contributed by atoms with Crippen LogP contribution in [0.15, 0.2) is 53.1 Å². The maximum atomic E-state index is 13.8. The van der Waals surface area contributed by atoms with E-state index in [-0.39, 0.29) is 30.2 Å². The Hall–Kier alpha value is -3.22. The van der Waals surface area contributed by atoms with E-state index in [0.717, 1.165) is 23.4 Å². The van der Waals surface area contributed by atoms with Crippen LogP contribution in [0.25, 0.3) is 11.3 Å². The summed E-state index contributed by atoms with van der Waals surface area (Å²) in [4.78, 5) is 12.1. The topological polar surface area (TPSA) is 64.4 Å². The summed E-state index contributed by atoms with van der Waals surface area (Å²) in [6, 6.07) is 12.0. The number of carbonyl (C=O) groups excluding carboxylic acids is 1. The van der Waals surface area contributed by atoms with Gasteiger partial charge in [0.15, 0.2) is 5.76 Å². The third kappa shape index (κ3) is 4.91. The van der Waals surface area contributed by atoms with Crippen LogP contribution in [0.3, 0.4) is 0 Å². The molecule has 0 spiro atoms. The molecule has 1 amide bonds. The largest absolute Gasteiger partial charge is 0.494 e. The molecule has 0 radical (unpaired) electrons. The molecule has 0 aliphatic carbocycles. The number of amides is 1. The van der Waals surface area contributed by atoms with E-state index in [0.29, 0.717) is 12.3 Å². The molecule has 0 bridgehead atoms. The molecule has 1 aromatic heterocycles. The first-order chi connectivity index (χ1) is 13.0. The van der Waals surface area contributed by atoms with Gasteiger partial charge in [0.1, 0.15) is 23.1 Å². The van der Waals surface area contributed by atoms with Gasteiger partial charge < -0.3 is 14.6 Å². The maximum absolute atomic E-state index is 13.8. The van der Waals surface area contributed by atoms with Crippen LogP contribution in [0.2, 0.25) is 0 Å². The van der Waals surface area contributed by atoms with Crippen molar-refractivity contribution in [3.8, 4) is 17.1 Å². The molecule has 5 nitrogen and oxygen atoms in total. The van der Waals surface area contributed by atoms with E-state index in [9.17, 15) is 13.6 Å². The van der Waals surface area contributed by atoms with Crippen molar-refractivity contribution < 1.29 is 22.8 Å². The molecular formula is C20H18F2N2O3. The fourth-order valence-corrected chi connectivity index (χ4v) is 2.52. The van der Waals surface area contributed by atoms with Crippen LogP contribution in [0.1, 0.15) is 18.2 Å². The van der Waals surface area contributed by atoms with Crippen molar-refractivity contribution in [2.45, 2.75) is 19.9 Å². The second-order valence-electron chi connectivity index (χ2n) is 5.84. The van der Waals surface area contributed by atoms with Gasteiger partial charge in [-0.3, -0.25) is 4.79 Å². The van der Waals surface area contributed by atoms with E-state index < -0.39 is 11.6 Å². The number of aromatic nitrogens is 1. The molecule has 3 aromatic rings. The minimum Gasteiger partial charge on any atom is -0.494 e. The highest BCUT2D eigenvalue weighted by atomic mass is 19.1. The Balaban J connectivity index is 1.55. The monoisotopic (exact) mass is 372 g/mol. The van der Waals surface area contributed by atoms with Crippen molar-refractivity contribution in [3.63, 3.8) is 0 Å². The molecule has 0 saturated heterocycles. The van der Waals surface area contributed by atoms with Crippen molar-refractivity contribution in [3.05, 3.63) is 71.4 Å². The molecule has 140 valence electrons. The fourth-order valence-electron chi connectivity index (χ4n) is 2.52. The lowest BCUT2D eigenvalue weighted by Crippen LogP contribution is -2.24. The SMILES string of the molecule is CCOc1ccc(CC(=O)NCc2cc(-c3ccc(F)cc3F)on2)cc1. The molecule has 0 fully saturated rings. The second kappa shape index (κ2) is 8.44. The van der Waals surface area contributed by atoms with Crippen LogP contribution in [-0.2, 0) is 17.8 Å². The molecule has 2 aromatic carbocycles. The van der Waals surface area contributed by atoms with Crippen LogP contribution >= 0.6 is 0 Å². The molecule has 0 saturated carbocycles. The van der Waals surface area contributed by atoms with Gasteiger partial charge in [-0.05, 0) is 36.8 Å². The number of halogens is 2. The quantitative estimate of drug-likeness (QED) is 0.684. The van der Waals surface area contributed by atoms with E-state index in [4.69, 9.17) is 9.26 Å². The lowest BCUT2D eigenvalue weighted by atomic mass is 10.1. The number of nitrogens with zero attached hydrogens (tertiary/aromatic N) is 1. The number of rotatable bonds is 7. The smallest absolute Gasteiger partial charge is 0.224 e. The fraction of sp³-hybridized carbons (Fsp3) is 0.200. The molecule has 3 rings (SSSR count). The summed E-state index contributed by atoms with van der Waals surface area (Å²) in [5.74, 6) is -0.667. The van der Waals surface area contributed by atoms with Crippen LogP contribution in [0.4, 0.5) is 8.78 Å². The lowest BCUT2D eigenvalue weighted by molar-refractivity contribution is -0.120. The summed E-state index contributed by atoms with van der Waals surface area (Å²) < 4.78 is 37.2. The zero-order valence-electron chi connectivity index (χ0n) is 14.7. The highest BCUT2D eigenvalue weighted by molar-refractivity contribution is 5.78. The molecular weight excluding hydrogens is 354 g/mol. The van der Waals surface area contributed by atoms with Crippen LogP contribution in [-0.4, -0.2) is 17.7 Å². The van der Waals surface area contributed by atoms with Crippen molar-refractivity contribution in [1.82, 2.24) is 10.5 Å². The summed E-state index contributed by atoms with van der Waals surface area (Å²) in [5.41, 5.74) is 1.40. The van der Waals surface area contributed by atoms with Gasteiger partial charge >= 0.3 is 0 Å². The van der Waals surface area contributed by atoms with E-state index in [2.05, 4.69) is 10.5 Å². The highest BCUT2D eigenvalue weighted by Gasteiger charge is 2.13. The number of ether oxygens (including phenoxy) is 1. The third-order valence-corrected chi connectivity index (χ3v) is 3.82. The summed E-state index contributed by atoms with van der Waals surface area (Å²) in [6.07, 6.45) is 0.212. The minimum atomic E-state index is -0.739. The van der Waals surface area contributed by atoms with Gasteiger partial charge in [-0.2, -0.15) is 0 Å². The number of hydrogen-bond acceptors (Lipinski definition) is 4. The zero-order chi connectivity index (χ0) is 19.2. The normalized spacial score (nSPS) is 10.6. The Labute approximate surface area is 154 Å². The van der Waals surface area contributed by atoms with E-state index in [1.165, 1.54) is 12.1 Å². The molecule has 27 heavy (non-hydrogen) atoms. The average Bonchev–Trinajstić information content (AvgIpc) is 3.10. The van der Waals surface area contributed by atoms with Crippen molar-refractivity contribution in [1.29, 1.82) is 0 Å². The molecule has 0 atom stereocenters. The van der Waals surface area contributed by atoms with Gasteiger partial charge in [-0.25, -0.2) is 8.78 Å². The van der Waals surface area contributed by atoms with Gasteiger partial charge in [0, 0.05) is 12.1 Å². The Morgan fingerprint density at radius 2 is 1.93 bits per heavy atom. The summed E-state index contributed by atoms with van der Waals surface area (Å²) >= 11 is 0. The van der Waals surface area contributed by atoms with Crippen LogP contribution in [0, 0.1) is 11.6 Å². The third-order valence-electron chi connectivity index (χ3n) is 3.82. The van der Waals surface area contributed by atoms with Crippen molar-refractivity contribution in [2.24, 2.45) is 0 Å². The lowest BCUT2D eigenvalue weighted by Gasteiger charge is -2.05. The zero-order valence-corrected chi connectivity index (χ0v) is 14.7. The first kappa shape index (κ1) is 18.6. The van der Waals surface area contributed by atoms with Crippen molar-refractivity contribution >= 4 is 5.91 Å². The molecule has 1 N–H and O–H groups in total. The number of hydrogen-bond donors (Lipinski definition) is 1. The first-order valence-electron chi connectivity index (χ1n) is 8.44. The molecule has 7 heteroatoms. The summed E-state index contributed by atoms with van der Waals surface area (Å²) in [7, 11) is 0. The number of nitrogens with one attached hydrogen (secondary N) is 1. The molecule has 0 aliphatic heterocycles. The molecule has 0 unspecified atom stereocenters. The van der Waals surface area contributed by atoms with Gasteiger partial charge in [-0.15, -0.1) is 0 Å². The van der Waals surface area contributed by atoms with Crippen molar-refractivity contribution in [2.75, 3.05) is 6.61 Å². The van der Waals surface area contributed by atoms with Gasteiger partial charge in [0.05, 0.1) is 25.1 Å².